The third kappa shape index (κ3) is 3.08. The lowest BCUT2D eigenvalue weighted by Crippen LogP contribution is -2.31. The Balaban J connectivity index is 1.55. The Labute approximate surface area is 138 Å². The fraction of sp³-hybridized carbons (Fsp3) is 0.278. The normalized spacial score (nSPS) is 15.2. The molecule has 0 aliphatic heterocycles. The van der Waals surface area contributed by atoms with Crippen molar-refractivity contribution in [3.05, 3.63) is 71.8 Å². The largest absolute Gasteiger partial charge is 0.468 e. The molecule has 0 bridgehead atoms. The summed E-state index contributed by atoms with van der Waals surface area (Å²) in [5.74, 6) is 1.44. The van der Waals surface area contributed by atoms with Crippen molar-refractivity contribution in [1.82, 2.24) is 15.5 Å². The van der Waals surface area contributed by atoms with Crippen LogP contribution in [0.4, 0.5) is 0 Å². The van der Waals surface area contributed by atoms with Crippen molar-refractivity contribution in [1.29, 1.82) is 0 Å². The first-order valence-corrected chi connectivity index (χ1v) is 7.99. The SMILES string of the molecule is O=C(NC(Cc1ccccc1)c1ncon1)c1ccoc1C1CC1. The molecule has 1 fully saturated rings. The number of benzene rings is 1. The molecule has 2 heterocycles. The Kier molecular flexibility index (Phi) is 3.86. The monoisotopic (exact) mass is 323 g/mol. The first kappa shape index (κ1) is 14.7. The third-order valence-electron chi connectivity index (χ3n) is 4.17. The summed E-state index contributed by atoms with van der Waals surface area (Å²) in [5, 5.41) is 6.90. The quantitative estimate of drug-likeness (QED) is 0.753. The van der Waals surface area contributed by atoms with Crippen molar-refractivity contribution in [3.8, 4) is 0 Å². The van der Waals surface area contributed by atoms with Gasteiger partial charge in [0.25, 0.3) is 5.91 Å². The van der Waals surface area contributed by atoms with Crippen molar-refractivity contribution in [2.24, 2.45) is 0 Å². The summed E-state index contributed by atoms with van der Waals surface area (Å²) < 4.78 is 10.3. The van der Waals surface area contributed by atoms with Crippen LogP contribution in [0.1, 0.15) is 52.3 Å². The minimum atomic E-state index is -0.361. The highest BCUT2D eigenvalue weighted by Gasteiger charge is 2.32. The van der Waals surface area contributed by atoms with Gasteiger partial charge in [-0.1, -0.05) is 35.5 Å². The van der Waals surface area contributed by atoms with Gasteiger partial charge >= 0.3 is 0 Å². The molecule has 24 heavy (non-hydrogen) atoms. The second kappa shape index (κ2) is 6.31. The van der Waals surface area contributed by atoms with Crippen molar-refractivity contribution in [3.63, 3.8) is 0 Å². The number of carbonyl (C=O) groups excluding carboxylic acids is 1. The molecule has 0 spiro atoms. The van der Waals surface area contributed by atoms with E-state index < -0.39 is 0 Å². The van der Waals surface area contributed by atoms with Crippen LogP contribution in [-0.2, 0) is 6.42 Å². The molecule has 1 saturated carbocycles. The van der Waals surface area contributed by atoms with Gasteiger partial charge in [-0.15, -0.1) is 0 Å². The van der Waals surface area contributed by atoms with Gasteiger partial charge in [0.05, 0.1) is 17.9 Å². The Morgan fingerprint density at radius 1 is 1.25 bits per heavy atom. The van der Waals surface area contributed by atoms with Gasteiger partial charge in [0.2, 0.25) is 6.39 Å². The first-order chi connectivity index (χ1) is 11.8. The number of carbonyl (C=O) groups is 1. The zero-order chi connectivity index (χ0) is 16.4. The molecule has 1 aliphatic carbocycles. The summed E-state index contributed by atoms with van der Waals surface area (Å²) in [4.78, 5) is 16.8. The average Bonchev–Trinajstić information content (AvgIpc) is 3.12. The van der Waals surface area contributed by atoms with Crippen LogP contribution in [0, 0.1) is 0 Å². The lowest BCUT2D eigenvalue weighted by Gasteiger charge is -2.15. The molecule has 0 radical (unpaired) electrons. The van der Waals surface area contributed by atoms with Gasteiger partial charge in [-0.2, -0.15) is 4.98 Å². The molecule has 4 rings (SSSR count). The van der Waals surface area contributed by atoms with Crippen molar-refractivity contribution in [2.45, 2.75) is 31.2 Å². The first-order valence-electron chi connectivity index (χ1n) is 7.99. The number of amides is 1. The smallest absolute Gasteiger partial charge is 0.255 e. The van der Waals surface area contributed by atoms with Crippen molar-refractivity contribution in [2.75, 3.05) is 0 Å². The summed E-state index contributed by atoms with van der Waals surface area (Å²) in [6, 6.07) is 11.3. The number of hydrogen-bond donors (Lipinski definition) is 1. The maximum absolute atomic E-state index is 12.7. The molecule has 6 heteroatoms. The molecule has 1 unspecified atom stereocenters. The van der Waals surface area contributed by atoms with Gasteiger partial charge in [0.1, 0.15) is 5.76 Å². The number of aromatic nitrogens is 2. The highest BCUT2D eigenvalue weighted by molar-refractivity contribution is 5.95. The zero-order valence-corrected chi connectivity index (χ0v) is 13.0. The number of hydrogen-bond acceptors (Lipinski definition) is 5. The Bertz CT molecular complexity index is 807. The van der Waals surface area contributed by atoms with E-state index in [1.54, 1.807) is 12.3 Å². The Morgan fingerprint density at radius 2 is 2.08 bits per heavy atom. The summed E-state index contributed by atoms with van der Waals surface area (Å²) in [6.45, 7) is 0. The minimum absolute atomic E-state index is 0.170. The van der Waals surface area contributed by atoms with Gasteiger partial charge in [0.15, 0.2) is 5.82 Å². The molecule has 1 atom stereocenters. The van der Waals surface area contributed by atoms with E-state index in [0.29, 0.717) is 23.7 Å². The van der Waals surface area contributed by atoms with Crippen LogP contribution in [0.2, 0.25) is 0 Å². The van der Waals surface area contributed by atoms with Crippen LogP contribution in [0.25, 0.3) is 0 Å². The van der Waals surface area contributed by atoms with Gasteiger partial charge in [0, 0.05) is 12.3 Å². The van der Waals surface area contributed by atoms with Gasteiger partial charge in [-0.05, 0) is 24.5 Å². The Morgan fingerprint density at radius 3 is 2.79 bits per heavy atom. The van der Waals surface area contributed by atoms with E-state index in [2.05, 4.69) is 15.5 Å². The molecule has 0 saturated heterocycles. The van der Waals surface area contributed by atoms with Crippen LogP contribution in [0.5, 0.6) is 0 Å². The zero-order valence-electron chi connectivity index (χ0n) is 13.0. The molecular weight excluding hydrogens is 306 g/mol. The second-order valence-corrected chi connectivity index (χ2v) is 5.98. The summed E-state index contributed by atoms with van der Waals surface area (Å²) in [5.41, 5.74) is 1.68. The summed E-state index contributed by atoms with van der Waals surface area (Å²) >= 11 is 0. The van der Waals surface area contributed by atoms with Crippen LogP contribution < -0.4 is 5.32 Å². The lowest BCUT2D eigenvalue weighted by molar-refractivity contribution is 0.0932. The topological polar surface area (TPSA) is 81.2 Å². The van der Waals surface area contributed by atoms with E-state index >= 15 is 0 Å². The van der Waals surface area contributed by atoms with Crippen molar-refractivity contribution < 1.29 is 13.7 Å². The second-order valence-electron chi connectivity index (χ2n) is 5.98. The molecule has 1 aromatic carbocycles. The standard InChI is InChI=1S/C18H17N3O3/c22-18(14-8-9-23-16(14)13-6-7-13)20-15(17-19-11-24-21-17)10-12-4-2-1-3-5-12/h1-5,8-9,11,13,15H,6-7,10H2,(H,20,22). The molecule has 1 aliphatic rings. The molecule has 6 nitrogen and oxygen atoms in total. The molecule has 1 amide bonds. The molecule has 3 aromatic rings. The van der Waals surface area contributed by atoms with E-state index in [1.165, 1.54) is 6.39 Å². The summed E-state index contributed by atoms with van der Waals surface area (Å²) in [7, 11) is 0. The van der Waals surface area contributed by atoms with E-state index in [9.17, 15) is 4.79 Å². The van der Waals surface area contributed by atoms with Crippen LogP contribution >= 0.6 is 0 Å². The van der Waals surface area contributed by atoms with Gasteiger partial charge in [-0.3, -0.25) is 4.79 Å². The minimum Gasteiger partial charge on any atom is -0.468 e. The van der Waals surface area contributed by atoms with Crippen molar-refractivity contribution >= 4 is 5.91 Å². The maximum atomic E-state index is 12.7. The fourth-order valence-electron chi connectivity index (χ4n) is 2.80. The van der Waals surface area contributed by atoms with Gasteiger partial charge < -0.3 is 14.3 Å². The average molecular weight is 323 g/mol. The van der Waals surface area contributed by atoms with E-state index in [0.717, 1.165) is 24.2 Å². The molecule has 122 valence electrons. The fourth-order valence-corrected chi connectivity index (χ4v) is 2.80. The lowest BCUT2D eigenvalue weighted by atomic mass is 10.0. The third-order valence-corrected chi connectivity index (χ3v) is 4.17. The number of rotatable bonds is 6. The Hall–Kier alpha value is -2.89. The summed E-state index contributed by atoms with van der Waals surface area (Å²) in [6.07, 6.45) is 5.58. The highest BCUT2D eigenvalue weighted by Crippen LogP contribution is 2.42. The molecule has 2 aromatic heterocycles. The van der Waals surface area contributed by atoms with Crippen LogP contribution in [0.15, 0.2) is 58.0 Å². The number of nitrogens with zero attached hydrogens (tertiary/aromatic N) is 2. The van der Waals surface area contributed by atoms with Crippen LogP contribution in [0.3, 0.4) is 0 Å². The van der Waals surface area contributed by atoms with Gasteiger partial charge in [-0.25, -0.2) is 0 Å². The van der Waals surface area contributed by atoms with Crippen LogP contribution in [-0.4, -0.2) is 16.0 Å². The maximum Gasteiger partial charge on any atom is 0.255 e. The molecular formula is C18H17N3O3. The number of furan rings is 1. The van der Waals surface area contributed by atoms with E-state index in [-0.39, 0.29) is 11.9 Å². The molecule has 1 N–H and O–H groups in total. The highest BCUT2D eigenvalue weighted by atomic mass is 16.5. The number of nitrogens with one attached hydrogen (secondary N) is 1. The predicted molar refractivity (Wildman–Crippen MR) is 85.3 cm³/mol. The van der Waals surface area contributed by atoms with E-state index in [4.69, 9.17) is 8.94 Å². The van der Waals surface area contributed by atoms with E-state index in [1.807, 2.05) is 30.3 Å². The predicted octanol–water partition coefficient (Wildman–Crippen LogP) is 3.25.